The van der Waals surface area contributed by atoms with E-state index in [1.54, 1.807) is 6.33 Å². The summed E-state index contributed by atoms with van der Waals surface area (Å²) in [6.07, 6.45) is 2.63. The van der Waals surface area contributed by atoms with Crippen LogP contribution in [0.2, 0.25) is 0 Å². The van der Waals surface area contributed by atoms with Crippen molar-refractivity contribution in [3.05, 3.63) is 12.2 Å². The van der Waals surface area contributed by atoms with Crippen molar-refractivity contribution >= 4 is 15.9 Å². The third-order valence-corrected chi connectivity index (χ3v) is 3.62. The summed E-state index contributed by atoms with van der Waals surface area (Å²) in [6, 6.07) is 0. The van der Waals surface area contributed by atoms with E-state index in [1.807, 2.05) is 4.68 Å². The fourth-order valence-electron chi connectivity index (χ4n) is 1.52. The second kappa shape index (κ2) is 5.10. The Labute approximate surface area is 100 Å². The molecular weight excluding hydrogens is 254 g/mol. The lowest BCUT2D eigenvalue weighted by molar-refractivity contribution is 0.260. The number of halogens is 1. The highest BCUT2D eigenvalue weighted by atomic mass is 79.9. The Morgan fingerprint density at radius 3 is 2.60 bits per heavy atom. The molecule has 0 aliphatic heterocycles. The summed E-state index contributed by atoms with van der Waals surface area (Å²) in [6.45, 7) is 9.80. The minimum atomic E-state index is 0.300. The fourth-order valence-corrected chi connectivity index (χ4v) is 2.72. The van der Waals surface area contributed by atoms with Crippen LogP contribution in [0.15, 0.2) is 6.33 Å². The van der Waals surface area contributed by atoms with Crippen LogP contribution >= 0.6 is 15.9 Å². The molecule has 1 rings (SSSR count). The van der Waals surface area contributed by atoms with E-state index < -0.39 is 0 Å². The van der Waals surface area contributed by atoms with Crippen LogP contribution in [0.1, 0.15) is 33.5 Å². The third kappa shape index (κ3) is 3.30. The zero-order valence-corrected chi connectivity index (χ0v) is 11.6. The van der Waals surface area contributed by atoms with Gasteiger partial charge in [-0.3, -0.25) is 4.68 Å². The van der Waals surface area contributed by atoms with Crippen LogP contribution in [0.25, 0.3) is 0 Å². The average molecular weight is 274 g/mol. The van der Waals surface area contributed by atoms with E-state index in [1.165, 1.54) is 0 Å². The Morgan fingerprint density at radius 2 is 2.13 bits per heavy atom. The summed E-state index contributed by atoms with van der Waals surface area (Å²) >= 11 is 3.59. The van der Waals surface area contributed by atoms with Crippen molar-refractivity contribution in [3.63, 3.8) is 0 Å². The van der Waals surface area contributed by atoms with Crippen molar-refractivity contribution in [2.45, 2.75) is 40.7 Å². The highest BCUT2D eigenvalue weighted by molar-refractivity contribution is 9.09. The second-order valence-electron chi connectivity index (χ2n) is 4.91. The van der Waals surface area contributed by atoms with E-state index in [0.717, 1.165) is 24.1 Å². The number of hydrogen-bond acceptors (Lipinski definition) is 2. The fraction of sp³-hybridized carbons (Fsp3) is 0.818. The second-order valence-corrected chi connectivity index (χ2v) is 5.56. The van der Waals surface area contributed by atoms with Crippen molar-refractivity contribution in [1.82, 2.24) is 14.8 Å². The van der Waals surface area contributed by atoms with Gasteiger partial charge in [0, 0.05) is 18.3 Å². The molecule has 1 heterocycles. The molecule has 3 nitrogen and oxygen atoms in total. The van der Waals surface area contributed by atoms with Crippen molar-refractivity contribution in [2.75, 3.05) is 5.33 Å². The van der Waals surface area contributed by atoms with Crippen LogP contribution in [0, 0.1) is 11.3 Å². The van der Waals surface area contributed by atoms with E-state index in [2.05, 4.69) is 53.7 Å². The Balaban J connectivity index is 2.75. The zero-order chi connectivity index (χ0) is 11.5. The number of alkyl halides is 1. The average Bonchev–Trinajstić information content (AvgIpc) is 2.59. The molecule has 0 spiro atoms. The molecule has 0 fully saturated rings. The molecular formula is C11H20BrN3. The molecule has 86 valence electrons. The first-order valence-corrected chi connectivity index (χ1v) is 6.53. The summed E-state index contributed by atoms with van der Waals surface area (Å²) in [7, 11) is 0. The van der Waals surface area contributed by atoms with E-state index in [-0.39, 0.29) is 0 Å². The van der Waals surface area contributed by atoms with Gasteiger partial charge >= 0.3 is 0 Å². The van der Waals surface area contributed by atoms with Crippen LogP contribution in [0.5, 0.6) is 0 Å². The minimum Gasteiger partial charge on any atom is -0.250 e. The number of aromatic nitrogens is 3. The molecule has 0 aliphatic rings. The predicted octanol–water partition coefficient (Wildman–Crippen LogP) is 2.90. The van der Waals surface area contributed by atoms with Crippen molar-refractivity contribution in [1.29, 1.82) is 0 Å². The summed E-state index contributed by atoms with van der Waals surface area (Å²) in [4.78, 5) is 4.32. The van der Waals surface area contributed by atoms with E-state index in [9.17, 15) is 0 Å². The topological polar surface area (TPSA) is 30.7 Å². The van der Waals surface area contributed by atoms with Gasteiger partial charge in [-0.15, -0.1) is 0 Å². The molecule has 1 unspecified atom stereocenters. The predicted molar refractivity (Wildman–Crippen MR) is 66.1 cm³/mol. The number of nitrogens with zero attached hydrogens (tertiary/aromatic N) is 3. The van der Waals surface area contributed by atoms with Gasteiger partial charge in [-0.05, 0) is 18.3 Å². The molecule has 15 heavy (non-hydrogen) atoms. The maximum atomic E-state index is 4.32. The Morgan fingerprint density at radius 1 is 1.47 bits per heavy atom. The molecule has 4 heteroatoms. The largest absolute Gasteiger partial charge is 0.250 e. The smallest absolute Gasteiger partial charge is 0.138 e. The zero-order valence-electron chi connectivity index (χ0n) is 10.00. The van der Waals surface area contributed by atoms with Gasteiger partial charge in [0.2, 0.25) is 0 Å². The number of aryl methyl sites for hydroxylation is 1. The van der Waals surface area contributed by atoms with Crippen molar-refractivity contribution < 1.29 is 0 Å². The van der Waals surface area contributed by atoms with E-state index in [0.29, 0.717) is 11.3 Å². The first-order chi connectivity index (χ1) is 6.99. The summed E-state index contributed by atoms with van der Waals surface area (Å²) in [5.74, 6) is 1.68. The maximum absolute atomic E-state index is 4.32. The lowest BCUT2D eigenvalue weighted by atomic mass is 9.80. The summed E-state index contributed by atoms with van der Waals surface area (Å²) < 4.78 is 1.97. The third-order valence-electron chi connectivity index (χ3n) is 2.84. The maximum Gasteiger partial charge on any atom is 0.138 e. The molecule has 1 aromatic rings. The molecule has 0 amide bonds. The first-order valence-electron chi connectivity index (χ1n) is 5.41. The van der Waals surface area contributed by atoms with Gasteiger partial charge in [0.05, 0.1) is 0 Å². The molecule has 0 bridgehead atoms. The molecule has 0 radical (unpaired) electrons. The highest BCUT2D eigenvalue weighted by Gasteiger charge is 2.25. The monoisotopic (exact) mass is 273 g/mol. The Bertz CT molecular complexity index is 301. The van der Waals surface area contributed by atoms with Crippen LogP contribution in [0.4, 0.5) is 0 Å². The van der Waals surface area contributed by atoms with Crippen LogP contribution < -0.4 is 0 Å². The first kappa shape index (κ1) is 12.7. The SMILES string of the molecule is CCn1ncnc1CC(CBr)C(C)(C)C. The highest BCUT2D eigenvalue weighted by Crippen LogP contribution is 2.29. The van der Waals surface area contributed by atoms with Crippen molar-refractivity contribution in [2.24, 2.45) is 11.3 Å². The number of rotatable bonds is 4. The van der Waals surface area contributed by atoms with Crippen molar-refractivity contribution in [3.8, 4) is 0 Å². The van der Waals surface area contributed by atoms with E-state index >= 15 is 0 Å². The van der Waals surface area contributed by atoms with Gasteiger partial charge < -0.3 is 0 Å². The lowest BCUT2D eigenvalue weighted by Gasteiger charge is -2.28. The molecule has 1 aromatic heterocycles. The van der Waals surface area contributed by atoms with Gasteiger partial charge in [-0.2, -0.15) is 5.10 Å². The standard InChI is InChI=1S/C11H20BrN3/c1-5-15-10(13-8-14-15)6-9(7-12)11(2,3)4/h8-9H,5-7H2,1-4H3. The molecule has 1 atom stereocenters. The molecule has 0 aliphatic carbocycles. The van der Waals surface area contributed by atoms with Gasteiger partial charge in [0.25, 0.3) is 0 Å². The Hall–Kier alpha value is -0.380. The van der Waals surface area contributed by atoms with Gasteiger partial charge in [0.15, 0.2) is 0 Å². The van der Waals surface area contributed by atoms with E-state index in [4.69, 9.17) is 0 Å². The van der Waals surface area contributed by atoms with Crippen LogP contribution in [-0.2, 0) is 13.0 Å². The van der Waals surface area contributed by atoms with Crippen LogP contribution in [-0.4, -0.2) is 20.1 Å². The quantitative estimate of drug-likeness (QED) is 0.790. The van der Waals surface area contributed by atoms with Gasteiger partial charge in [-0.25, -0.2) is 4.98 Å². The molecule has 0 N–H and O–H groups in total. The summed E-state index contributed by atoms with van der Waals surface area (Å²) in [5.41, 5.74) is 0.300. The minimum absolute atomic E-state index is 0.300. The Kier molecular flexibility index (Phi) is 4.32. The molecule has 0 saturated carbocycles. The summed E-state index contributed by atoms with van der Waals surface area (Å²) in [5, 5.41) is 5.20. The lowest BCUT2D eigenvalue weighted by Crippen LogP contribution is -2.25. The number of hydrogen-bond donors (Lipinski definition) is 0. The van der Waals surface area contributed by atoms with Gasteiger partial charge in [0.1, 0.15) is 12.2 Å². The molecule has 0 saturated heterocycles. The molecule has 0 aromatic carbocycles. The van der Waals surface area contributed by atoms with Crippen LogP contribution in [0.3, 0.4) is 0 Å². The van der Waals surface area contributed by atoms with Gasteiger partial charge in [-0.1, -0.05) is 36.7 Å². The normalized spacial score (nSPS) is 14.2.